The number of hydrogen-bond acceptors (Lipinski definition) is 6. The van der Waals surface area contributed by atoms with Crippen molar-refractivity contribution < 1.29 is 49.4 Å². The third-order valence-corrected chi connectivity index (χ3v) is 8.52. The van der Waals surface area contributed by atoms with Crippen molar-refractivity contribution in [2.45, 2.75) is 77.6 Å². The Morgan fingerprint density at radius 2 is 1.43 bits per heavy atom. The molecule has 1 saturated carbocycles. The molecule has 0 spiro atoms. The minimum absolute atomic E-state index is 0. The molecule has 1 fully saturated rings. The zero-order chi connectivity index (χ0) is 35.6. The Hall–Kier alpha value is -3.76. The molecule has 1 N–H and O–H groups in total. The summed E-state index contributed by atoms with van der Waals surface area (Å²) in [7, 11) is 1.40. The van der Waals surface area contributed by atoms with Crippen molar-refractivity contribution >= 4 is 30.0 Å². The fraction of sp³-hybridized carbons (Fsp3) is 0.548. The molecule has 49 heavy (non-hydrogen) atoms. The Labute approximate surface area is 282 Å². The van der Waals surface area contributed by atoms with Gasteiger partial charge in [0.2, 0.25) is 0 Å². The zero-order valence-electron chi connectivity index (χ0n) is 26.8. The number of carboxylic acids is 1. The van der Waals surface area contributed by atoms with Crippen molar-refractivity contribution in [3.05, 3.63) is 63.7 Å². The first-order valence-corrected chi connectivity index (χ1v) is 15.2. The van der Waals surface area contributed by atoms with Crippen molar-refractivity contribution in [3.63, 3.8) is 0 Å². The Bertz CT molecular complexity index is 1550. The van der Waals surface area contributed by atoms with Crippen LogP contribution < -0.4 is 9.80 Å². The number of carbonyl (C=O) groups is 1. The molecule has 0 bridgehead atoms. The molecule has 0 unspecified atom stereocenters. The third kappa shape index (κ3) is 10.4. The molecule has 0 aliphatic heterocycles. The summed E-state index contributed by atoms with van der Waals surface area (Å²) in [6, 6.07) is 3.49. The minimum Gasteiger partial charge on any atom is -0.481 e. The SMILES string of the molecule is CCN(CC1CCC(CC(=O)O)CC1)c1cc(C(F)(F)F)c(C)cc1CN(Cc1cc(C(F)(F)F)cc(C(F)(F)F)c1)c1nnn(C)n1.Cl. The average Bonchev–Trinajstić information content (AvgIpc) is 3.41. The molecule has 18 heteroatoms. The van der Waals surface area contributed by atoms with Crippen molar-refractivity contribution in [3.8, 4) is 0 Å². The van der Waals surface area contributed by atoms with Crippen LogP contribution in [0.15, 0.2) is 30.3 Å². The monoisotopic (exact) mass is 730 g/mol. The van der Waals surface area contributed by atoms with Gasteiger partial charge in [-0.1, -0.05) is 11.2 Å². The number of anilines is 2. The van der Waals surface area contributed by atoms with Gasteiger partial charge in [-0.2, -0.15) is 44.3 Å². The van der Waals surface area contributed by atoms with Crippen LogP contribution in [0.4, 0.5) is 51.1 Å². The summed E-state index contributed by atoms with van der Waals surface area (Å²) in [6.45, 7) is 2.83. The molecule has 4 rings (SSSR count). The molecular formula is C31H36ClF9N6O2. The van der Waals surface area contributed by atoms with E-state index in [9.17, 15) is 44.3 Å². The number of aryl methyl sites for hydroxylation is 2. The van der Waals surface area contributed by atoms with Gasteiger partial charge in [0, 0.05) is 38.3 Å². The first-order valence-electron chi connectivity index (χ1n) is 15.2. The van der Waals surface area contributed by atoms with E-state index in [2.05, 4.69) is 15.4 Å². The van der Waals surface area contributed by atoms with Gasteiger partial charge in [0.05, 0.1) is 23.7 Å². The summed E-state index contributed by atoms with van der Waals surface area (Å²) in [5, 5.41) is 20.8. The van der Waals surface area contributed by atoms with E-state index >= 15 is 0 Å². The fourth-order valence-corrected chi connectivity index (χ4v) is 6.19. The summed E-state index contributed by atoms with van der Waals surface area (Å²) in [5.74, 6) is -0.976. The number of tetrazole rings is 1. The molecule has 0 atom stereocenters. The van der Waals surface area contributed by atoms with E-state index in [-0.39, 0.29) is 72.6 Å². The number of nitrogens with zero attached hydrogens (tertiary/aromatic N) is 6. The molecule has 1 aliphatic rings. The molecule has 2 aromatic carbocycles. The molecular weight excluding hydrogens is 695 g/mol. The van der Waals surface area contributed by atoms with Crippen LogP contribution in [-0.4, -0.2) is 44.4 Å². The molecule has 272 valence electrons. The number of benzene rings is 2. The lowest BCUT2D eigenvalue weighted by atomic mass is 9.80. The van der Waals surface area contributed by atoms with Crippen LogP contribution in [-0.2, 0) is 43.5 Å². The van der Waals surface area contributed by atoms with Gasteiger partial charge >= 0.3 is 24.5 Å². The minimum atomic E-state index is -5.09. The highest BCUT2D eigenvalue weighted by molar-refractivity contribution is 5.85. The normalized spacial score (nSPS) is 17.1. The zero-order valence-corrected chi connectivity index (χ0v) is 27.6. The van der Waals surface area contributed by atoms with Gasteiger partial charge in [-0.3, -0.25) is 4.79 Å². The van der Waals surface area contributed by atoms with Gasteiger partial charge in [-0.05, 0) is 97.5 Å². The fourth-order valence-electron chi connectivity index (χ4n) is 6.19. The summed E-state index contributed by atoms with van der Waals surface area (Å²) in [4.78, 5) is 15.2. The Morgan fingerprint density at radius 1 is 0.857 bits per heavy atom. The van der Waals surface area contributed by atoms with E-state index in [1.54, 1.807) is 11.8 Å². The maximum absolute atomic E-state index is 14.1. The standard InChI is InChI=1S/C31H35F9N6O2.ClH/c1-4-45(15-20-7-5-19(6-8-20)12-27(47)48)26-14-25(31(38,39)40)18(2)9-22(26)17-46(28-41-43-44(3)42-28)16-21-10-23(29(32,33)34)13-24(11-21)30(35,36)37;/h9-11,13-14,19-20H,4-8,12,15-17H2,1-3H3,(H,47,48);1H. The Morgan fingerprint density at radius 3 is 1.90 bits per heavy atom. The Kier molecular flexibility index (Phi) is 12.5. The highest BCUT2D eigenvalue weighted by atomic mass is 35.5. The van der Waals surface area contributed by atoms with Crippen molar-refractivity contribution in [1.82, 2.24) is 20.2 Å². The van der Waals surface area contributed by atoms with Gasteiger partial charge in [-0.15, -0.1) is 17.5 Å². The average molecular weight is 731 g/mol. The van der Waals surface area contributed by atoms with Gasteiger partial charge < -0.3 is 14.9 Å². The lowest BCUT2D eigenvalue weighted by Gasteiger charge is -2.35. The predicted octanol–water partition coefficient (Wildman–Crippen LogP) is 8.31. The highest BCUT2D eigenvalue weighted by Gasteiger charge is 2.38. The Balaban J connectivity index is 0.00000650. The molecule has 1 aliphatic carbocycles. The molecule has 3 aromatic rings. The highest BCUT2D eigenvalue weighted by Crippen LogP contribution is 2.40. The topological polar surface area (TPSA) is 87.4 Å². The lowest BCUT2D eigenvalue weighted by Crippen LogP contribution is -2.34. The van der Waals surface area contributed by atoms with Gasteiger partial charge in [0.25, 0.3) is 5.95 Å². The third-order valence-electron chi connectivity index (χ3n) is 8.52. The van der Waals surface area contributed by atoms with Crippen molar-refractivity contribution in [2.75, 3.05) is 22.9 Å². The maximum atomic E-state index is 14.1. The van der Waals surface area contributed by atoms with Crippen LogP contribution >= 0.6 is 12.4 Å². The van der Waals surface area contributed by atoms with Crippen LogP contribution in [0.5, 0.6) is 0 Å². The molecule has 8 nitrogen and oxygen atoms in total. The summed E-state index contributed by atoms with van der Waals surface area (Å²) in [5.41, 5.74) is -3.91. The quantitative estimate of drug-likeness (QED) is 0.199. The first kappa shape index (κ1) is 39.7. The number of hydrogen-bond donors (Lipinski definition) is 1. The summed E-state index contributed by atoms with van der Waals surface area (Å²) < 4.78 is 124. The number of carboxylic acid groups (broad SMARTS) is 1. The number of aliphatic carboxylic acids is 1. The van der Waals surface area contributed by atoms with Gasteiger partial charge in [-0.25, -0.2) is 0 Å². The smallest absolute Gasteiger partial charge is 0.416 e. The second-order valence-corrected chi connectivity index (χ2v) is 12.2. The predicted molar refractivity (Wildman–Crippen MR) is 164 cm³/mol. The van der Waals surface area contributed by atoms with E-state index in [1.165, 1.54) is 24.9 Å². The van der Waals surface area contributed by atoms with Crippen molar-refractivity contribution in [2.24, 2.45) is 18.9 Å². The molecule has 1 heterocycles. The van der Waals surface area contributed by atoms with E-state index in [0.29, 0.717) is 49.9 Å². The first-order chi connectivity index (χ1) is 22.2. The number of aromatic nitrogens is 4. The largest absolute Gasteiger partial charge is 0.481 e. The van der Waals surface area contributed by atoms with E-state index in [0.717, 1.165) is 10.9 Å². The van der Waals surface area contributed by atoms with Gasteiger partial charge in [0.15, 0.2) is 0 Å². The maximum Gasteiger partial charge on any atom is 0.416 e. The molecule has 1 aromatic heterocycles. The second kappa shape index (κ2) is 15.4. The van der Waals surface area contributed by atoms with Crippen LogP contribution in [0.2, 0.25) is 0 Å². The number of rotatable bonds is 11. The second-order valence-electron chi connectivity index (χ2n) is 12.2. The van der Waals surface area contributed by atoms with Gasteiger partial charge in [0.1, 0.15) is 0 Å². The van der Waals surface area contributed by atoms with E-state index in [4.69, 9.17) is 5.11 Å². The van der Waals surface area contributed by atoms with E-state index in [1.807, 2.05) is 0 Å². The number of halogens is 10. The van der Waals surface area contributed by atoms with Crippen LogP contribution in [0.1, 0.15) is 72.4 Å². The van der Waals surface area contributed by atoms with E-state index < -0.39 is 47.7 Å². The van der Waals surface area contributed by atoms with Crippen molar-refractivity contribution in [1.29, 1.82) is 0 Å². The lowest BCUT2D eigenvalue weighted by molar-refractivity contribution is -0.143. The molecule has 0 radical (unpaired) electrons. The van der Waals surface area contributed by atoms with Crippen LogP contribution in [0.3, 0.4) is 0 Å². The summed E-state index contributed by atoms with van der Waals surface area (Å²) in [6.07, 6.45) is -12.2. The summed E-state index contributed by atoms with van der Waals surface area (Å²) >= 11 is 0. The number of alkyl halides is 9. The van der Waals surface area contributed by atoms with Crippen LogP contribution in [0, 0.1) is 18.8 Å². The molecule has 0 amide bonds. The van der Waals surface area contributed by atoms with Crippen LogP contribution in [0.25, 0.3) is 0 Å². The molecule has 0 saturated heterocycles.